The van der Waals surface area contributed by atoms with Gasteiger partial charge < -0.3 is 19.3 Å². The van der Waals surface area contributed by atoms with Crippen LogP contribution in [0.4, 0.5) is 27.5 Å². The number of nitrogens with one attached hydrogen (secondary N) is 1. The van der Waals surface area contributed by atoms with E-state index in [0.29, 0.717) is 56.4 Å². The predicted molar refractivity (Wildman–Crippen MR) is 172 cm³/mol. The molecule has 4 bridgehead atoms. The zero-order valence-corrected chi connectivity index (χ0v) is 26.3. The molecule has 4 heterocycles. The van der Waals surface area contributed by atoms with E-state index in [0.717, 1.165) is 28.3 Å². The van der Waals surface area contributed by atoms with Crippen molar-refractivity contribution in [3.05, 3.63) is 57.6 Å². The van der Waals surface area contributed by atoms with E-state index >= 15 is 0 Å². The molecule has 2 aromatic rings. The molecule has 8 aliphatic rings. The molecule has 4 saturated carbocycles. The van der Waals surface area contributed by atoms with E-state index in [1.54, 1.807) is 0 Å². The molecule has 2 atom stereocenters. The van der Waals surface area contributed by atoms with Crippen LogP contribution in [-0.4, -0.2) is 74.9 Å². The molecule has 1 spiro atoms. The van der Waals surface area contributed by atoms with Crippen LogP contribution < -0.4 is 20.0 Å². The van der Waals surface area contributed by atoms with Crippen LogP contribution >= 0.6 is 0 Å². The summed E-state index contributed by atoms with van der Waals surface area (Å²) in [6.45, 7) is 2.87. The van der Waals surface area contributed by atoms with Gasteiger partial charge in [-0.05, 0) is 91.0 Å². The summed E-state index contributed by atoms with van der Waals surface area (Å²) in [5.41, 5.74) is 1.84. The molecule has 0 aromatic heterocycles. The molecule has 10 rings (SSSR count). The Bertz CT molecular complexity index is 1650. The lowest BCUT2D eigenvalue weighted by molar-refractivity contribution is -0.384. The van der Waals surface area contributed by atoms with Gasteiger partial charge in [-0.25, -0.2) is 9.69 Å². The molecule has 2 aromatic carbocycles. The first-order valence-electron chi connectivity index (χ1n) is 17.0. The first-order chi connectivity index (χ1) is 22.8. The zero-order chi connectivity index (χ0) is 32.1. The summed E-state index contributed by atoms with van der Waals surface area (Å²) in [5.74, 6) is 1.05. The summed E-state index contributed by atoms with van der Waals surface area (Å²) in [6.07, 6.45) is 7.56. The first kappa shape index (κ1) is 29.1. The summed E-state index contributed by atoms with van der Waals surface area (Å²) < 4.78 is 11.4. The normalized spacial score (nSPS) is 34.4. The highest BCUT2D eigenvalue weighted by Gasteiger charge is 2.63. The van der Waals surface area contributed by atoms with Crippen molar-refractivity contribution >= 4 is 40.6 Å². The lowest BCUT2D eigenvalue weighted by Gasteiger charge is -2.57. The molecule has 3 saturated heterocycles. The number of urea groups is 1. The number of ether oxygens (including phenoxy) is 2. The van der Waals surface area contributed by atoms with Crippen LogP contribution in [0, 0.1) is 33.3 Å². The molecule has 12 nitrogen and oxygen atoms in total. The second-order valence-electron chi connectivity index (χ2n) is 14.9. The summed E-state index contributed by atoms with van der Waals surface area (Å²) in [4.78, 5) is 59.1. The summed E-state index contributed by atoms with van der Waals surface area (Å²) in [7, 11) is 0. The molecule has 47 heavy (non-hydrogen) atoms. The number of morpholine rings is 2. The van der Waals surface area contributed by atoms with Gasteiger partial charge in [-0.3, -0.25) is 25.0 Å². The third-order valence-electron chi connectivity index (χ3n) is 12.4. The number of nitrogens with zero attached hydrogens (tertiary/aromatic N) is 4. The minimum atomic E-state index is -1.71. The van der Waals surface area contributed by atoms with Gasteiger partial charge in [-0.15, -0.1) is 0 Å². The average molecular weight is 642 g/mol. The molecule has 0 unspecified atom stereocenters. The second-order valence-corrected chi connectivity index (χ2v) is 14.9. The van der Waals surface area contributed by atoms with Gasteiger partial charge >= 0.3 is 6.03 Å². The highest BCUT2D eigenvalue weighted by Crippen LogP contribution is 2.61. The topological polar surface area (TPSA) is 135 Å². The number of benzene rings is 2. The first-order valence-corrected chi connectivity index (χ1v) is 17.0. The fourth-order valence-corrected chi connectivity index (χ4v) is 10.7. The summed E-state index contributed by atoms with van der Waals surface area (Å²) in [6, 6.07) is 9.70. The van der Waals surface area contributed by atoms with Gasteiger partial charge in [-0.1, -0.05) is 12.1 Å². The van der Waals surface area contributed by atoms with E-state index in [2.05, 4.69) is 17.4 Å². The van der Waals surface area contributed by atoms with Gasteiger partial charge in [0.1, 0.15) is 5.69 Å². The SMILES string of the molecule is O=C1NC(=O)[C@]2(Cc3cc([N+](=O)[O-])c(N4CCOCC4)cc3N3CCOC[C@@H]32)C(=O)N1c1ccc(C23CC4CC(CC(C4)C2)C3)cc1. The van der Waals surface area contributed by atoms with E-state index in [1.165, 1.54) is 50.2 Å². The van der Waals surface area contributed by atoms with Crippen molar-refractivity contribution in [2.45, 2.75) is 56.4 Å². The Hall–Kier alpha value is -4.03. The molecule has 1 N–H and O–H groups in total. The van der Waals surface area contributed by atoms with Crippen molar-refractivity contribution in [1.29, 1.82) is 0 Å². The van der Waals surface area contributed by atoms with Gasteiger partial charge in [0, 0.05) is 37.8 Å². The minimum Gasteiger partial charge on any atom is -0.378 e. The number of hydrogen-bond acceptors (Lipinski definition) is 9. The third kappa shape index (κ3) is 4.29. The molecule has 4 aliphatic heterocycles. The van der Waals surface area contributed by atoms with E-state index in [-0.39, 0.29) is 24.1 Å². The van der Waals surface area contributed by atoms with Crippen LogP contribution in [0.1, 0.15) is 49.7 Å². The molecule has 4 amide bonds. The second kappa shape index (κ2) is 10.5. The monoisotopic (exact) mass is 641 g/mol. The van der Waals surface area contributed by atoms with Gasteiger partial charge in [0.25, 0.3) is 11.6 Å². The maximum atomic E-state index is 14.7. The fraction of sp³-hybridized carbons (Fsp3) is 0.571. The van der Waals surface area contributed by atoms with Crippen molar-refractivity contribution in [3.63, 3.8) is 0 Å². The van der Waals surface area contributed by atoms with E-state index in [4.69, 9.17) is 9.47 Å². The number of carbonyl (C=O) groups is 3. The van der Waals surface area contributed by atoms with Crippen LogP contribution in [-0.2, 0) is 30.9 Å². The maximum Gasteiger partial charge on any atom is 0.335 e. The number of anilines is 3. The summed E-state index contributed by atoms with van der Waals surface area (Å²) in [5, 5.41) is 14.8. The van der Waals surface area contributed by atoms with Gasteiger partial charge in [0.15, 0.2) is 5.41 Å². The number of nitro groups is 1. The van der Waals surface area contributed by atoms with Crippen molar-refractivity contribution in [2.24, 2.45) is 23.2 Å². The molecule has 7 fully saturated rings. The zero-order valence-electron chi connectivity index (χ0n) is 26.3. The standard InChI is InChI=1S/C35H39N5O7/c41-31-35(19-24-14-29(40(44)45)28(37-5-8-46-9-6-37)15-27(24)38-7-10-47-20-30(35)38)32(42)39(33(43)36-31)26-3-1-25(2-4-26)34-16-21-11-22(17-34)13-23(12-21)18-34/h1-4,14-15,21-23,30H,5-13,16-20H2,(H,36,41,43)/t21?,22?,23?,30-,34?,35-/m1/s1. The molecular weight excluding hydrogens is 602 g/mol. The highest BCUT2D eigenvalue weighted by molar-refractivity contribution is 6.30. The van der Waals surface area contributed by atoms with E-state index < -0.39 is 34.2 Å². The highest BCUT2D eigenvalue weighted by atomic mass is 16.6. The van der Waals surface area contributed by atoms with Crippen LogP contribution in [0.3, 0.4) is 0 Å². The van der Waals surface area contributed by atoms with Crippen LogP contribution in [0.2, 0.25) is 0 Å². The van der Waals surface area contributed by atoms with Crippen LogP contribution in [0.5, 0.6) is 0 Å². The van der Waals surface area contributed by atoms with E-state index in [1.807, 2.05) is 28.0 Å². The van der Waals surface area contributed by atoms with Crippen LogP contribution in [0.15, 0.2) is 36.4 Å². The lowest BCUT2D eigenvalue weighted by Crippen LogP contribution is -2.74. The number of carbonyl (C=O) groups excluding carboxylic acids is 3. The Kier molecular flexibility index (Phi) is 6.50. The quantitative estimate of drug-likeness (QED) is 0.299. The summed E-state index contributed by atoms with van der Waals surface area (Å²) >= 11 is 0. The van der Waals surface area contributed by atoms with Crippen molar-refractivity contribution < 1.29 is 28.8 Å². The predicted octanol–water partition coefficient (Wildman–Crippen LogP) is 3.93. The van der Waals surface area contributed by atoms with Crippen molar-refractivity contribution in [1.82, 2.24) is 5.32 Å². The van der Waals surface area contributed by atoms with E-state index in [9.17, 15) is 24.5 Å². The molecule has 12 heteroatoms. The smallest absolute Gasteiger partial charge is 0.335 e. The Morgan fingerprint density at radius 2 is 1.51 bits per heavy atom. The van der Waals surface area contributed by atoms with Gasteiger partial charge in [0.05, 0.1) is 43.1 Å². The Balaban J connectivity index is 1.09. The lowest BCUT2D eigenvalue weighted by atomic mass is 9.48. The number of fused-ring (bicyclic) bond motifs is 4. The number of nitro benzene ring substituents is 1. The minimum absolute atomic E-state index is 0.0793. The number of imide groups is 2. The molecule has 246 valence electrons. The average Bonchev–Trinajstić information content (AvgIpc) is 3.07. The molecule has 4 aliphatic carbocycles. The van der Waals surface area contributed by atoms with Gasteiger partial charge in [-0.2, -0.15) is 0 Å². The number of barbiturate groups is 1. The number of hydrogen-bond donors (Lipinski definition) is 1. The number of rotatable bonds is 4. The Labute approximate surface area is 272 Å². The number of amides is 4. The fourth-order valence-electron chi connectivity index (χ4n) is 10.7. The van der Waals surface area contributed by atoms with Crippen molar-refractivity contribution in [3.8, 4) is 0 Å². The van der Waals surface area contributed by atoms with Crippen LogP contribution in [0.25, 0.3) is 0 Å². The Morgan fingerprint density at radius 1 is 0.851 bits per heavy atom. The Morgan fingerprint density at radius 3 is 2.17 bits per heavy atom. The molecular formula is C35H39N5O7. The largest absolute Gasteiger partial charge is 0.378 e. The van der Waals surface area contributed by atoms with Gasteiger partial charge in [0.2, 0.25) is 5.91 Å². The molecule has 0 radical (unpaired) electrons. The van der Waals surface area contributed by atoms with Crippen molar-refractivity contribution in [2.75, 3.05) is 60.8 Å². The maximum absolute atomic E-state index is 14.7. The third-order valence-corrected chi connectivity index (χ3v) is 12.4.